The number of hydrogen-bond acceptors (Lipinski definition) is 6. The van der Waals surface area contributed by atoms with Gasteiger partial charge >= 0.3 is 5.97 Å². The highest BCUT2D eigenvalue weighted by atomic mass is 32.1. The number of carbonyl (C=O) groups is 2. The van der Waals surface area contributed by atoms with Crippen molar-refractivity contribution in [2.45, 2.75) is 13.0 Å². The maximum absolute atomic E-state index is 12.0. The summed E-state index contributed by atoms with van der Waals surface area (Å²) in [6.07, 6.45) is 3.29. The van der Waals surface area contributed by atoms with Crippen LogP contribution in [0.4, 0.5) is 0 Å². The van der Waals surface area contributed by atoms with Crippen LogP contribution in [0.25, 0.3) is 5.65 Å². The molecule has 0 bridgehead atoms. The first-order chi connectivity index (χ1) is 9.65. The molecule has 1 N–H and O–H groups in total. The summed E-state index contributed by atoms with van der Waals surface area (Å²) < 4.78 is 6.33. The zero-order valence-corrected chi connectivity index (χ0v) is 11.7. The summed E-state index contributed by atoms with van der Waals surface area (Å²) in [6.45, 7) is 1.94. The zero-order valence-electron chi connectivity index (χ0n) is 10.8. The number of nitrogens with zero attached hydrogens (tertiary/aromatic N) is 3. The number of amides is 1. The van der Waals surface area contributed by atoms with E-state index in [9.17, 15) is 9.59 Å². The second-order valence-electron chi connectivity index (χ2n) is 3.91. The topological polar surface area (TPSA) is 85.6 Å². The molecule has 0 saturated carbocycles. The number of thiol groups is 1. The first-order valence-corrected chi connectivity index (χ1v) is 6.67. The number of rotatable bonds is 5. The van der Waals surface area contributed by atoms with E-state index in [1.54, 1.807) is 25.4 Å². The van der Waals surface area contributed by atoms with Crippen molar-refractivity contribution in [2.75, 3.05) is 12.4 Å². The molecule has 0 aliphatic heterocycles. The second-order valence-corrected chi connectivity index (χ2v) is 4.28. The van der Waals surface area contributed by atoms with Crippen LogP contribution in [0.1, 0.15) is 17.4 Å². The third-order valence-corrected chi connectivity index (χ3v) is 2.89. The summed E-state index contributed by atoms with van der Waals surface area (Å²) in [5, 5.41) is 6.61. The second kappa shape index (κ2) is 6.38. The fourth-order valence-corrected chi connectivity index (χ4v) is 1.84. The van der Waals surface area contributed by atoms with E-state index in [-0.39, 0.29) is 18.1 Å². The van der Waals surface area contributed by atoms with Crippen LogP contribution in [0, 0.1) is 0 Å². The molecule has 8 heteroatoms. The van der Waals surface area contributed by atoms with E-state index >= 15 is 0 Å². The van der Waals surface area contributed by atoms with Gasteiger partial charge in [-0.25, -0.2) is 14.3 Å². The van der Waals surface area contributed by atoms with Crippen molar-refractivity contribution in [1.82, 2.24) is 19.9 Å². The van der Waals surface area contributed by atoms with Crippen molar-refractivity contribution in [1.29, 1.82) is 0 Å². The molecule has 1 atom stereocenters. The minimum Gasteiger partial charge on any atom is -0.464 e. The van der Waals surface area contributed by atoms with Gasteiger partial charge < -0.3 is 10.1 Å². The molecule has 2 heterocycles. The molecule has 0 aromatic carbocycles. The highest BCUT2D eigenvalue weighted by Crippen LogP contribution is 2.04. The average molecular weight is 294 g/mol. The first kappa shape index (κ1) is 14.3. The Morgan fingerprint density at radius 2 is 2.35 bits per heavy atom. The maximum atomic E-state index is 12.0. The van der Waals surface area contributed by atoms with E-state index in [2.05, 4.69) is 28.0 Å². The molecular weight excluding hydrogens is 280 g/mol. The predicted molar refractivity (Wildman–Crippen MR) is 74.7 cm³/mol. The molecule has 20 heavy (non-hydrogen) atoms. The summed E-state index contributed by atoms with van der Waals surface area (Å²) in [5.74, 6) is -0.837. The standard InChI is InChI=1S/C12H14N4O3S/c1-2-19-12(18)9(7-20)14-11(17)8-6-10-13-4-3-5-16(10)15-8/h3-6,9,20H,2,7H2,1H3,(H,14,17)/t9-/m0/s1. The molecule has 0 radical (unpaired) electrons. The van der Waals surface area contributed by atoms with Crippen LogP contribution in [0.15, 0.2) is 24.5 Å². The number of fused-ring (bicyclic) bond motifs is 1. The van der Waals surface area contributed by atoms with Crippen LogP contribution in [-0.4, -0.2) is 44.9 Å². The van der Waals surface area contributed by atoms with Gasteiger partial charge in [0.05, 0.1) is 6.61 Å². The third-order valence-electron chi connectivity index (χ3n) is 2.53. The van der Waals surface area contributed by atoms with Gasteiger partial charge in [-0.1, -0.05) is 0 Å². The number of aromatic nitrogens is 3. The smallest absolute Gasteiger partial charge is 0.329 e. The molecule has 0 unspecified atom stereocenters. The average Bonchev–Trinajstić information content (AvgIpc) is 2.88. The number of hydrogen-bond donors (Lipinski definition) is 2. The Labute approximate surface area is 120 Å². The molecular formula is C12H14N4O3S. The minimum absolute atomic E-state index is 0.149. The Morgan fingerprint density at radius 3 is 3.00 bits per heavy atom. The lowest BCUT2D eigenvalue weighted by Crippen LogP contribution is -2.43. The Balaban J connectivity index is 2.12. The van der Waals surface area contributed by atoms with Crippen LogP contribution in [0.2, 0.25) is 0 Å². The number of carbonyl (C=O) groups excluding carboxylic acids is 2. The van der Waals surface area contributed by atoms with Crippen LogP contribution in [0.3, 0.4) is 0 Å². The lowest BCUT2D eigenvalue weighted by Gasteiger charge is -2.13. The van der Waals surface area contributed by atoms with Crippen LogP contribution in [-0.2, 0) is 9.53 Å². The van der Waals surface area contributed by atoms with Crippen molar-refractivity contribution in [3.05, 3.63) is 30.2 Å². The fourth-order valence-electron chi connectivity index (χ4n) is 1.60. The largest absolute Gasteiger partial charge is 0.464 e. The van der Waals surface area contributed by atoms with Gasteiger partial charge in [0, 0.05) is 24.2 Å². The van der Waals surface area contributed by atoms with Gasteiger partial charge in [0.25, 0.3) is 5.91 Å². The summed E-state index contributed by atoms with van der Waals surface area (Å²) in [6, 6.07) is 2.44. The SMILES string of the molecule is CCOC(=O)[C@H](CS)NC(=O)c1cc2ncccn2n1. The molecule has 2 rings (SSSR count). The molecule has 0 aliphatic carbocycles. The van der Waals surface area contributed by atoms with Gasteiger partial charge in [0.2, 0.25) is 0 Å². The van der Waals surface area contributed by atoms with Crippen molar-refractivity contribution >= 4 is 30.2 Å². The lowest BCUT2D eigenvalue weighted by atomic mass is 10.3. The van der Waals surface area contributed by atoms with E-state index in [4.69, 9.17) is 4.74 Å². The molecule has 0 aliphatic rings. The molecule has 0 fully saturated rings. The molecule has 2 aromatic heterocycles. The molecule has 7 nitrogen and oxygen atoms in total. The number of nitrogens with one attached hydrogen (secondary N) is 1. The molecule has 0 spiro atoms. The summed E-state index contributed by atoms with van der Waals surface area (Å²) in [4.78, 5) is 27.7. The Morgan fingerprint density at radius 1 is 1.55 bits per heavy atom. The quantitative estimate of drug-likeness (QED) is 0.613. The minimum atomic E-state index is -0.802. The van der Waals surface area contributed by atoms with E-state index in [0.717, 1.165) is 0 Å². The summed E-state index contributed by atoms with van der Waals surface area (Å²) >= 11 is 4.03. The normalized spacial score (nSPS) is 12.1. The van der Waals surface area contributed by atoms with Gasteiger partial charge in [0.1, 0.15) is 6.04 Å². The molecule has 1 amide bonds. The van der Waals surface area contributed by atoms with E-state index in [1.807, 2.05) is 0 Å². The van der Waals surface area contributed by atoms with Gasteiger partial charge in [-0.3, -0.25) is 4.79 Å². The maximum Gasteiger partial charge on any atom is 0.329 e. The molecule has 0 saturated heterocycles. The fraction of sp³-hybridized carbons (Fsp3) is 0.333. The predicted octanol–water partition coefficient (Wildman–Crippen LogP) is 0.321. The zero-order chi connectivity index (χ0) is 14.5. The van der Waals surface area contributed by atoms with Crippen LogP contribution < -0.4 is 5.32 Å². The Kier molecular flexibility index (Phi) is 4.57. The molecule has 2 aromatic rings. The van der Waals surface area contributed by atoms with E-state index in [0.29, 0.717) is 5.65 Å². The Hall–Kier alpha value is -2.09. The summed E-state index contributed by atoms with van der Waals surface area (Å²) in [7, 11) is 0. The van der Waals surface area contributed by atoms with Crippen LogP contribution >= 0.6 is 12.6 Å². The van der Waals surface area contributed by atoms with Crippen LogP contribution in [0.5, 0.6) is 0 Å². The third kappa shape index (κ3) is 3.08. The highest BCUT2D eigenvalue weighted by Gasteiger charge is 2.22. The monoisotopic (exact) mass is 294 g/mol. The Bertz CT molecular complexity index is 595. The van der Waals surface area contributed by atoms with E-state index in [1.165, 1.54) is 10.6 Å². The van der Waals surface area contributed by atoms with Crippen molar-refractivity contribution in [3.8, 4) is 0 Å². The van der Waals surface area contributed by atoms with Crippen molar-refractivity contribution in [3.63, 3.8) is 0 Å². The van der Waals surface area contributed by atoms with Crippen molar-refractivity contribution < 1.29 is 14.3 Å². The van der Waals surface area contributed by atoms with Gasteiger partial charge in [-0.2, -0.15) is 17.7 Å². The van der Waals surface area contributed by atoms with Gasteiger partial charge in [0.15, 0.2) is 11.3 Å². The number of ether oxygens (including phenoxy) is 1. The van der Waals surface area contributed by atoms with E-state index < -0.39 is 17.9 Å². The van der Waals surface area contributed by atoms with Gasteiger partial charge in [-0.15, -0.1) is 0 Å². The van der Waals surface area contributed by atoms with Gasteiger partial charge in [-0.05, 0) is 13.0 Å². The summed E-state index contributed by atoms with van der Waals surface area (Å²) in [5.41, 5.74) is 0.732. The molecule has 106 valence electrons. The highest BCUT2D eigenvalue weighted by molar-refractivity contribution is 7.80. The first-order valence-electron chi connectivity index (χ1n) is 6.04. The van der Waals surface area contributed by atoms with Crippen molar-refractivity contribution in [2.24, 2.45) is 0 Å². The lowest BCUT2D eigenvalue weighted by molar-refractivity contribution is -0.144. The number of esters is 1.